The van der Waals surface area contributed by atoms with E-state index >= 15 is 0 Å². The molecule has 9 heteroatoms. The molecular formula is C24H26F3IN4O. The molecule has 0 saturated heterocycles. The molecule has 33 heavy (non-hydrogen) atoms. The maximum atomic E-state index is 12.7. The fraction of sp³-hybridized carbons (Fsp3) is 0.250. The van der Waals surface area contributed by atoms with Gasteiger partial charge in [0.15, 0.2) is 5.96 Å². The van der Waals surface area contributed by atoms with Crippen molar-refractivity contribution in [2.45, 2.75) is 32.7 Å². The predicted octanol–water partition coefficient (Wildman–Crippen LogP) is 4.79. The Morgan fingerprint density at radius 2 is 1.55 bits per heavy atom. The zero-order chi connectivity index (χ0) is 23.0. The first-order valence-electron chi connectivity index (χ1n) is 10.3. The number of pyridine rings is 1. The van der Waals surface area contributed by atoms with Crippen molar-refractivity contribution in [3.63, 3.8) is 0 Å². The van der Waals surface area contributed by atoms with Gasteiger partial charge in [-0.05, 0) is 41.8 Å². The maximum Gasteiger partial charge on any atom is 0.416 e. The first-order valence-corrected chi connectivity index (χ1v) is 10.3. The van der Waals surface area contributed by atoms with Gasteiger partial charge in [0.2, 0.25) is 0 Å². The van der Waals surface area contributed by atoms with Crippen LogP contribution in [0.15, 0.2) is 82.7 Å². The van der Waals surface area contributed by atoms with Crippen molar-refractivity contribution in [2.75, 3.05) is 6.54 Å². The van der Waals surface area contributed by atoms with Crippen molar-refractivity contribution < 1.29 is 13.2 Å². The monoisotopic (exact) mass is 570 g/mol. The maximum absolute atomic E-state index is 12.7. The average Bonchev–Trinajstić information content (AvgIpc) is 2.78. The highest BCUT2D eigenvalue weighted by atomic mass is 127. The van der Waals surface area contributed by atoms with Crippen LogP contribution in [-0.2, 0) is 25.8 Å². The second-order valence-electron chi connectivity index (χ2n) is 7.23. The number of halogens is 4. The van der Waals surface area contributed by atoms with Crippen LogP contribution in [0.1, 0.15) is 29.2 Å². The van der Waals surface area contributed by atoms with Crippen LogP contribution in [0.3, 0.4) is 0 Å². The van der Waals surface area contributed by atoms with Gasteiger partial charge in [0.05, 0.1) is 18.7 Å². The van der Waals surface area contributed by atoms with Gasteiger partial charge in [-0.1, -0.05) is 42.5 Å². The molecule has 3 rings (SSSR count). The van der Waals surface area contributed by atoms with Gasteiger partial charge in [0.1, 0.15) is 0 Å². The van der Waals surface area contributed by atoms with Crippen molar-refractivity contribution in [1.29, 1.82) is 0 Å². The van der Waals surface area contributed by atoms with E-state index < -0.39 is 11.7 Å². The van der Waals surface area contributed by atoms with Crippen molar-refractivity contribution >= 4 is 29.9 Å². The van der Waals surface area contributed by atoms with Crippen LogP contribution in [0.4, 0.5) is 13.2 Å². The Balaban J connectivity index is 0.00000385. The lowest BCUT2D eigenvalue weighted by molar-refractivity contribution is -0.137. The topological polar surface area (TPSA) is 58.4 Å². The van der Waals surface area contributed by atoms with Gasteiger partial charge in [-0.15, -0.1) is 24.0 Å². The molecule has 0 amide bonds. The number of alkyl halides is 3. The summed E-state index contributed by atoms with van der Waals surface area (Å²) in [6.07, 6.45) is -2.58. The number of hydrogen-bond donors (Lipinski definition) is 2. The van der Waals surface area contributed by atoms with E-state index in [1.54, 1.807) is 16.8 Å². The van der Waals surface area contributed by atoms with Gasteiger partial charge >= 0.3 is 6.18 Å². The van der Waals surface area contributed by atoms with Gasteiger partial charge in [-0.25, -0.2) is 4.99 Å². The second kappa shape index (κ2) is 12.4. The van der Waals surface area contributed by atoms with E-state index in [1.807, 2.05) is 37.3 Å². The van der Waals surface area contributed by atoms with E-state index in [2.05, 4.69) is 15.6 Å². The summed E-state index contributed by atoms with van der Waals surface area (Å²) < 4.78 is 39.7. The van der Waals surface area contributed by atoms with Crippen molar-refractivity contribution in [3.05, 3.63) is 106 Å². The second-order valence-corrected chi connectivity index (χ2v) is 7.23. The molecule has 0 bridgehead atoms. The highest BCUT2D eigenvalue weighted by molar-refractivity contribution is 14.0. The number of guanidine groups is 1. The van der Waals surface area contributed by atoms with Gasteiger partial charge in [-0.3, -0.25) is 4.79 Å². The summed E-state index contributed by atoms with van der Waals surface area (Å²) in [5.41, 5.74) is 2.03. The minimum absolute atomic E-state index is 0. The third kappa shape index (κ3) is 8.23. The van der Waals surface area contributed by atoms with E-state index in [-0.39, 0.29) is 36.1 Å². The minimum atomic E-state index is -4.34. The number of aliphatic imine (C=N–C) groups is 1. The Morgan fingerprint density at radius 3 is 2.15 bits per heavy atom. The Kier molecular flexibility index (Phi) is 9.95. The first kappa shape index (κ1) is 26.4. The Hall–Kier alpha value is -2.82. The fourth-order valence-corrected chi connectivity index (χ4v) is 3.05. The highest BCUT2D eigenvalue weighted by Gasteiger charge is 2.29. The third-order valence-corrected chi connectivity index (χ3v) is 4.78. The third-order valence-electron chi connectivity index (χ3n) is 4.78. The highest BCUT2D eigenvalue weighted by Crippen LogP contribution is 2.29. The molecule has 2 N–H and O–H groups in total. The van der Waals surface area contributed by atoms with E-state index in [0.29, 0.717) is 31.2 Å². The van der Waals surface area contributed by atoms with Crippen LogP contribution in [-0.4, -0.2) is 17.1 Å². The van der Waals surface area contributed by atoms with Crippen molar-refractivity contribution in [3.8, 4) is 0 Å². The number of rotatable bonds is 7. The van der Waals surface area contributed by atoms with Crippen LogP contribution in [0.2, 0.25) is 0 Å². The van der Waals surface area contributed by atoms with Gasteiger partial charge in [0.25, 0.3) is 5.56 Å². The van der Waals surface area contributed by atoms with Gasteiger partial charge < -0.3 is 15.2 Å². The number of nitrogens with zero attached hydrogens (tertiary/aromatic N) is 2. The summed E-state index contributed by atoms with van der Waals surface area (Å²) in [5.74, 6) is 0.576. The summed E-state index contributed by atoms with van der Waals surface area (Å²) in [6, 6.07) is 18.0. The Morgan fingerprint density at radius 1 is 0.909 bits per heavy atom. The Labute approximate surface area is 207 Å². The molecule has 3 aromatic rings. The van der Waals surface area contributed by atoms with E-state index in [1.165, 1.54) is 18.2 Å². The zero-order valence-corrected chi connectivity index (χ0v) is 20.4. The van der Waals surface area contributed by atoms with Crippen LogP contribution in [0, 0.1) is 0 Å². The van der Waals surface area contributed by atoms with Crippen LogP contribution in [0.25, 0.3) is 0 Å². The standard InChI is InChI=1S/C24H25F3N4O.HI/c1-2-28-23(30-16-19-10-12-21(13-11-19)24(25,26)27)29-15-18-6-8-20(9-7-18)17-31-14-4-3-5-22(31)32;/h3-14H,2,15-17H2,1H3,(H2,28,29,30);1H. The smallest absolute Gasteiger partial charge is 0.357 e. The minimum Gasteiger partial charge on any atom is -0.357 e. The molecule has 1 aromatic heterocycles. The summed E-state index contributed by atoms with van der Waals surface area (Å²) >= 11 is 0. The molecule has 0 aliphatic rings. The molecule has 0 unspecified atom stereocenters. The molecule has 1 heterocycles. The van der Waals surface area contributed by atoms with Crippen molar-refractivity contribution in [2.24, 2.45) is 4.99 Å². The molecule has 0 radical (unpaired) electrons. The molecular weight excluding hydrogens is 544 g/mol. The van der Waals surface area contributed by atoms with Crippen LogP contribution >= 0.6 is 24.0 Å². The quantitative estimate of drug-likeness (QED) is 0.244. The number of nitrogens with one attached hydrogen (secondary N) is 2. The number of aromatic nitrogens is 1. The predicted molar refractivity (Wildman–Crippen MR) is 135 cm³/mol. The lowest BCUT2D eigenvalue weighted by Gasteiger charge is -2.12. The van der Waals surface area contributed by atoms with E-state index in [9.17, 15) is 18.0 Å². The van der Waals surface area contributed by atoms with E-state index in [4.69, 9.17) is 0 Å². The normalized spacial score (nSPS) is 11.6. The number of benzene rings is 2. The molecule has 0 aliphatic heterocycles. The molecule has 0 fully saturated rings. The molecule has 2 aromatic carbocycles. The lowest BCUT2D eigenvalue weighted by atomic mass is 10.1. The molecule has 0 atom stereocenters. The SMILES string of the molecule is CCNC(=NCc1ccc(C(F)(F)F)cc1)NCc1ccc(Cn2ccccc2=O)cc1.I. The van der Waals surface area contributed by atoms with Crippen LogP contribution < -0.4 is 16.2 Å². The summed E-state index contributed by atoms with van der Waals surface area (Å²) in [5, 5.41) is 6.35. The zero-order valence-electron chi connectivity index (χ0n) is 18.1. The Bertz CT molecular complexity index is 1090. The van der Waals surface area contributed by atoms with Gasteiger partial charge in [0, 0.05) is 25.4 Å². The summed E-state index contributed by atoms with van der Waals surface area (Å²) in [4.78, 5) is 16.3. The number of hydrogen-bond acceptors (Lipinski definition) is 2. The largest absolute Gasteiger partial charge is 0.416 e. The summed E-state index contributed by atoms with van der Waals surface area (Å²) in [6.45, 7) is 3.90. The molecule has 0 saturated carbocycles. The van der Waals surface area contributed by atoms with E-state index in [0.717, 1.165) is 23.3 Å². The van der Waals surface area contributed by atoms with Crippen LogP contribution in [0.5, 0.6) is 0 Å². The molecule has 0 spiro atoms. The summed E-state index contributed by atoms with van der Waals surface area (Å²) in [7, 11) is 0. The van der Waals surface area contributed by atoms with Gasteiger partial charge in [-0.2, -0.15) is 13.2 Å². The van der Waals surface area contributed by atoms with Crippen molar-refractivity contribution in [1.82, 2.24) is 15.2 Å². The molecule has 0 aliphatic carbocycles. The molecule has 176 valence electrons. The fourth-order valence-electron chi connectivity index (χ4n) is 3.05. The molecule has 5 nitrogen and oxygen atoms in total. The first-order chi connectivity index (χ1) is 15.3. The average molecular weight is 570 g/mol. The lowest BCUT2D eigenvalue weighted by Crippen LogP contribution is -2.36.